The lowest BCUT2D eigenvalue weighted by Gasteiger charge is -2.18. The lowest BCUT2D eigenvalue weighted by Crippen LogP contribution is -2.22. The van der Waals surface area contributed by atoms with Gasteiger partial charge in [0.25, 0.3) is 5.22 Å². The summed E-state index contributed by atoms with van der Waals surface area (Å²) in [7, 11) is 0. The van der Waals surface area contributed by atoms with Crippen molar-refractivity contribution in [3.05, 3.63) is 53.3 Å². The average molecular weight is 417 g/mol. The zero-order chi connectivity index (χ0) is 20.3. The van der Waals surface area contributed by atoms with Crippen LogP contribution in [-0.2, 0) is 10.2 Å². The van der Waals surface area contributed by atoms with Gasteiger partial charge in [0.05, 0.1) is 10.9 Å². The van der Waals surface area contributed by atoms with Gasteiger partial charge in [0.1, 0.15) is 0 Å². The van der Waals surface area contributed by atoms with Gasteiger partial charge in [0, 0.05) is 11.8 Å². The summed E-state index contributed by atoms with van der Waals surface area (Å²) in [6.45, 7) is 8.24. The van der Waals surface area contributed by atoms with Crippen LogP contribution < -0.4 is 5.32 Å². The number of benzene rings is 1. The molecule has 1 N–H and O–H groups in total. The van der Waals surface area contributed by atoms with Gasteiger partial charge in [0.15, 0.2) is 5.15 Å². The number of rotatable bonds is 5. The summed E-state index contributed by atoms with van der Waals surface area (Å²) >= 11 is 7.15. The third kappa shape index (κ3) is 4.91. The molecule has 3 rings (SSSR count). The van der Waals surface area contributed by atoms with Crippen molar-refractivity contribution in [2.24, 2.45) is 0 Å². The SMILES string of the molecule is C[C@@H](Sc1nnc(-c2ccc(C(C)(C)C)cc2)o1)C(=O)Nc1cccnc1Cl. The van der Waals surface area contributed by atoms with Crippen LogP contribution in [0.1, 0.15) is 33.3 Å². The fourth-order valence-corrected chi connectivity index (χ4v) is 3.26. The second-order valence-electron chi connectivity index (χ2n) is 7.29. The van der Waals surface area contributed by atoms with Gasteiger partial charge < -0.3 is 9.73 Å². The van der Waals surface area contributed by atoms with Crippen LogP contribution in [0.5, 0.6) is 0 Å². The maximum atomic E-state index is 12.4. The highest BCUT2D eigenvalue weighted by atomic mass is 35.5. The van der Waals surface area contributed by atoms with Crippen LogP contribution in [0.3, 0.4) is 0 Å². The number of hydrogen-bond donors (Lipinski definition) is 1. The molecule has 0 saturated heterocycles. The van der Waals surface area contributed by atoms with Crippen molar-refractivity contribution < 1.29 is 9.21 Å². The van der Waals surface area contributed by atoms with Crippen LogP contribution in [0.2, 0.25) is 5.15 Å². The zero-order valence-electron chi connectivity index (χ0n) is 16.1. The van der Waals surface area contributed by atoms with Gasteiger partial charge in [0.2, 0.25) is 11.8 Å². The first kappa shape index (κ1) is 20.4. The first-order valence-corrected chi connectivity index (χ1v) is 10.0. The summed E-state index contributed by atoms with van der Waals surface area (Å²) in [5.74, 6) is 0.194. The van der Waals surface area contributed by atoms with Crippen LogP contribution in [0.4, 0.5) is 5.69 Å². The summed E-state index contributed by atoms with van der Waals surface area (Å²) in [5, 5.41) is 11.0. The number of anilines is 1. The Morgan fingerprint density at radius 3 is 2.54 bits per heavy atom. The van der Waals surface area contributed by atoms with Gasteiger partial charge in [-0.15, -0.1) is 10.2 Å². The Kier molecular flexibility index (Phi) is 6.05. The van der Waals surface area contributed by atoms with E-state index in [1.807, 2.05) is 12.1 Å². The number of carbonyl (C=O) groups is 1. The highest BCUT2D eigenvalue weighted by Gasteiger charge is 2.20. The molecule has 0 unspecified atom stereocenters. The summed E-state index contributed by atoms with van der Waals surface area (Å²) in [6.07, 6.45) is 1.56. The third-order valence-corrected chi connectivity index (χ3v) is 5.30. The molecule has 146 valence electrons. The van der Waals surface area contributed by atoms with Crippen molar-refractivity contribution >= 4 is 35.0 Å². The standard InChI is InChI=1S/C20H21ClN4O2S/c1-12(17(26)23-15-6-5-11-22-16(15)21)28-19-25-24-18(27-19)13-7-9-14(10-8-13)20(2,3)4/h5-12H,1-4H3,(H,23,26)/t12-/m1/s1. The van der Waals surface area contributed by atoms with Crippen molar-refractivity contribution in [1.82, 2.24) is 15.2 Å². The largest absolute Gasteiger partial charge is 0.411 e. The van der Waals surface area contributed by atoms with Gasteiger partial charge >= 0.3 is 0 Å². The molecule has 2 aromatic heterocycles. The summed E-state index contributed by atoms with van der Waals surface area (Å²) in [6, 6.07) is 11.4. The molecule has 6 nitrogen and oxygen atoms in total. The molecule has 0 spiro atoms. The molecule has 8 heteroatoms. The lowest BCUT2D eigenvalue weighted by molar-refractivity contribution is -0.115. The Bertz CT molecular complexity index is 967. The molecule has 2 heterocycles. The van der Waals surface area contributed by atoms with Gasteiger partial charge in [-0.1, -0.05) is 56.3 Å². The molecule has 0 radical (unpaired) electrons. The van der Waals surface area contributed by atoms with Crippen LogP contribution in [0.15, 0.2) is 52.2 Å². The first-order chi connectivity index (χ1) is 13.2. The van der Waals surface area contributed by atoms with E-state index in [1.54, 1.807) is 25.3 Å². The number of nitrogens with zero attached hydrogens (tertiary/aromatic N) is 3. The Balaban J connectivity index is 1.65. The Morgan fingerprint density at radius 2 is 1.89 bits per heavy atom. The summed E-state index contributed by atoms with van der Waals surface area (Å²) in [4.78, 5) is 16.3. The van der Waals surface area contributed by atoms with Gasteiger partial charge in [-0.25, -0.2) is 4.98 Å². The topological polar surface area (TPSA) is 80.9 Å². The van der Waals surface area contributed by atoms with E-state index in [4.69, 9.17) is 16.0 Å². The minimum Gasteiger partial charge on any atom is -0.411 e. The van der Waals surface area contributed by atoms with Crippen LogP contribution >= 0.6 is 23.4 Å². The molecule has 28 heavy (non-hydrogen) atoms. The van der Waals surface area contributed by atoms with Crippen molar-refractivity contribution in [3.63, 3.8) is 0 Å². The molecular weight excluding hydrogens is 396 g/mol. The number of nitrogens with one attached hydrogen (secondary N) is 1. The Labute approximate surface area is 173 Å². The molecule has 1 atom stereocenters. The molecule has 0 saturated carbocycles. The van der Waals surface area contributed by atoms with E-state index < -0.39 is 5.25 Å². The minimum atomic E-state index is -0.451. The summed E-state index contributed by atoms with van der Waals surface area (Å²) in [5.41, 5.74) is 2.61. The first-order valence-electron chi connectivity index (χ1n) is 8.76. The predicted octanol–water partition coefficient (Wildman–Crippen LogP) is 5.20. The van der Waals surface area contributed by atoms with E-state index in [-0.39, 0.29) is 16.5 Å². The van der Waals surface area contributed by atoms with Crippen LogP contribution in [-0.4, -0.2) is 26.3 Å². The fourth-order valence-electron chi connectivity index (χ4n) is 2.41. The third-order valence-electron chi connectivity index (χ3n) is 4.07. The number of aromatic nitrogens is 3. The van der Waals surface area contributed by atoms with E-state index in [0.717, 1.165) is 5.56 Å². The number of amides is 1. The number of pyridine rings is 1. The van der Waals surface area contributed by atoms with Crippen molar-refractivity contribution in [2.45, 2.75) is 43.6 Å². The van der Waals surface area contributed by atoms with E-state index in [9.17, 15) is 4.79 Å². The van der Waals surface area contributed by atoms with Crippen LogP contribution in [0, 0.1) is 0 Å². The molecule has 0 aliphatic heterocycles. The van der Waals surface area contributed by atoms with Crippen molar-refractivity contribution in [1.29, 1.82) is 0 Å². The maximum absolute atomic E-state index is 12.4. The molecule has 0 bridgehead atoms. The number of carbonyl (C=O) groups excluding carboxylic acids is 1. The van der Waals surface area contributed by atoms with E-state index in [1.165, 1.54) is 17.3 Å². The minimum absolute atomic E-state index is 0.0777. The van der Waals surface area contributed by atoms with E-state index in [2.05, 4.69) is 53.4 Å². The quantitative estimate of drug-likeness (QED) is 0.454. The number of thioether (sulfide) groups is 1. The molecule has 0 fully saturated rings. The normalized spacial score (nSPS) is 12.6. The van der Waals surface area contributed by atoms with Gasteiger partial charge in [-0.3, -0.25) is 4.79 Å². The Morgan fingerprint density at radius 1 is 1.18 bits per heavy atom. The number of halogens is 1. The molecule has 3 aromatic rings. The predicted molar refractivity (Wildman–Crippen MR) is 112 cm³/mol. The zero-order valence-corrected chi connectivity index (χ0v) is 17.6. The molecule has 0 aliphatic rings. The Hall–Kier alpha value is -2.38. The second-order valence-corrected chi connectivity index (χ2v) is 8.94. The van der Waals surface area contributed by atoms with E-state index in [0.29, 0.717) is 16.8 Å². The van der Waals surface area contributed by atoms with Crippen molar-refractivity contribution in [3.8, 4) is 11.5 Å². The van der Waals surface area contributed by atoms with E-state index >= 15 is 0 Å². The molecule has 1 amide bonds. The van der Waals surface area contributed by atoms with Gasteiger partial charge in [-0.05, 0) is 42.2 Å². The molecule has 1 aromatic carbocycles. The van der Waals surface area contributed by atoms with Crippen LogP contribution in [0.25, 0.3) is 11.5 Å². The maximum Gasteiger partial charge on any atom is 0.277 e. The highest BCUT2D eigenvalue weighted by Crippen LogP contribution is 2.29. The van der Waals surface area contributed by atoms with Crippen molar-refractivity contribution in [2.75, 3.05) is 5.32 Å². The monoisotopic (exact) mass is 416 g/mol. The number of hydrogen-bond acceptors (Lipinski definition) is 6. The molecular formula is C20H21ClN4O2S. The molecule has 0 aliphatic carbocycles. The summed E-state index contributed by atoms with van der Waals surface area (Å²) < 4.78 is 5.71. The average Bonchev–Trinajstić information content (AvgIpc) is 3.11. The smallest absolute Gasteiger partial charge is 0.277 e. The van der Waals surface area contributed by atoms with Gasteiger partial charge in [-0.2, -0.15) is 0 Å². The highest BCUT2D eigenvalue weighted by molar-refractivity contribution is 8.00. The second kappa shape index (κ2) is 8.32. The lowest BCUT2D eigenvalue weighted by atomic mass is 9.87. The fraction of sp³-hybridized carbons (Fsp3) is 0.300.